The fourth-order valence-corrected chi connectivity index (χ4v) is 2.75. The zero-order valence-electron chi connectivity index (χ0n) is 13.6. The highest BCUT2D eigenvalue weighted by atomic mass is 15.1. The standard InChI is InChI=1S/C18H18N6/c1-23(2)15-5-3-4-14(10-15)22-17-18-21-12-16(13-6-7-19-11-13)24(18)9-8-20-17/h3-6,8-12H,7H2,1-2H3,(H,20,22). The second kappa shape index (κ2) is 5.81. The molecule has 0 fully saturated rings. The Balaban J connectivity index is 1.73. The fourth-order valence-electron chi connectivity index (χ4n) is 2.75. The summed E-state index contributed by atoms with van der Waals surface area (Å²) in [6.45, 7) is 0.732. The van der Waals surface area contributed by atoms with Gasteiger partial charge in [-0.05, 0) is 18.2 Å². The van der Waals surface area contributed by atoms with E-state index >= 15 is 0 Å². The molecule has 3 heterocycles. The first kappa shape index (κ1) is 14.4. The van der Waals surface area contributed by atoms with Crippen molar-refractivity contribution in [1.82, 2.24) is 14.4 Å². The van der Waals surface area contributed by atoms with Gasteiger partial charge in [0.1, 0.15) is 0 Å². The molecule has 0 bridgehead atoms. The minimum Gasteiger partial charge on any atom is -0.378 e. The van der Waals surface area contributed by atoms with Crippen LogP contribution in [0.25, 0.3) is 11.2 Å². The molecule has 0 saturated carbocycles. The minimum absolute atomic E-state index is 0.732. The molecule has 2 aromatic heterocycles. The maximum absolute atomic E-state index is 4.54. The van der Waals surface area contributed by atoms with E-state index in [0.29, 0.717) is 0 Å². The van der Waals surface area contributed by atoms with Gasteiger partial charge in [-0.1, -0.05) is 12.1 Å². The lowest BCUT2D eigenvalue weighted by molar-refractivity contribution is 1.11. The van der Waals surface area contributed by atoms with Gasteiger partial charge in [-0.25, -0.2) is 9.97 Å². The largest absolute Gasteiger partial charge is 0.378 e. The molecule has 1 aliphatic heterocycles. The summed E-state index contributed by atoms with van der Waals surface area (Å²) in [6, 6.07) is 8.20. The predicted molar refractivity (Wildman–Crippen MR) is 98.4 cm³/mol. The van der Waals surface area contributed by atoms with Crippen LogP contribution in [0.15, 0.2) is 53.9 Å². The number of nitrogens with one attached hydrogen (secondary N) is 1. The Morgan fingerprint density at radius 3 is 2.92 bits per heavy atom. The second-order valence-corrected chi connectivity index (χ2v) is 5.84. The van der Waals surface area contributed by atoms with Gasteiger partial charge in [-0.3, -0.25) is 9.39 Å². The van der Waals surface area contributed by atoms with Crippen molar-refractivity contribution in [2.45, 2.75) is 0 Å². The lowest BCUT2D eigenvalue weighted by Crippen LogP contribution is -2.08. The van der Waals surface area contributed by atoms with Crippen molar-refractivity contribution in [3.05, 3.63) is 54.6 Å². The molecule has 0 unspecified atom stereocenters. The first-order valence-corrected chi connectivity index (χ1v) is 7.79. The van der Waals surface area contributed by atoms with Crippen LogP contribution in [0.1, 0.15) is 5.69 Å². The van der Waals surface area contributed by atoms with E-state index < -0.39 is 0 Å². The molecule has 24 heavy (non-hydrogen) atoms. The van der Waals surface area contributed by atoms with Crippen molar-refractivity contribution in [2.24, 2.45) is 4.99 Å². The van der Waals surface area contributed by atoms with Crippen LogP contribution < -0.4 is 10.2 Å². The highest BCUT2D eigenvalue weighted by Gasteiger charge is 2.12. The van der Waals surface area contributed by atoms with E-state index in [9.17, 15) is 0 Å². The molecule has 6 heteroatoms. The number of aromatic nitrogens is 3. The molecule has 0 spiro atoms. The van der Waals surface area contributed by atoms with E-state index in [-0.39, 0.29) is 0 Å². The highest BCUT2D eigenvalue weighted by Crippen LogP contribution is 2.25. The van der Waals surface area contributed by atoms with Crippen molar-refractivity contribution in [3.63, 3.8) is 0 Å². The number of nitrogens with zero attached hydrogens (tertiary/aromatic N) is 5. The number of hydrogen-bond donors (Lipinski definition) is 1. The maximum Gasteiger partial charge on any atom is 0.180 e. The topological polar surface area (TPSA) is 57.8 Å². The molecule has 0 saturated heterocycles. The van der Waals surface area contributed by atoms with Crippen LogP contribution in [-0.2, 0) is 0 Å². The molecule has 0 atom stereocenters. The Hall–Kier alpha value is -3.15. The van der Waals surface area contributed by atoms with Gasteiger partial charge in [0.05, 0.1) is 18.4 Å². The number of fused-ring (bicyclic) bond motifs is 1. The Labute approximate surface area is 140 Å². The van der Waals surface area contributed by atoms with Gasteiger partial charge in [-0.15, -0.1) is 0 Å². The molecule has 4 rings (SSSR count). The van der Waals surface area contributed by atoms with Crippen molar-refractivity contribution < 1.29 is 0 Å². The van der Waals surface area contributed by atoms with E-state index in [4.69, 9.17) is 0 Å². The van der Waals surface area contributed by atoms with Crippen molar-refractivity contribution >= 4 is 34.6 Å². The molecule has 120 valence electrons. The van der Waals surface area contributed by atoms with Crippen molar-refractivity contribution in [2.75, 3.05) is 30.9 Å². The second-order valence-electron chi connectivity index (χ2n) is 5.84. The summed E-state index contributed by atoms with van der Waals surface area (Å²) in [4.78, 5) is 15.3. The number of imidazole rings is 1. The summed E-state index contributed by atoms with van der Waals surface area (Å²) in [6.07, 6.45) is 9.55. The van der Waals surface area contributed by atoms with Gasteiger partial charge in [0.15, 0.2) is 11.5 Å². The Bertz CT molecular complexity index is 951. The summed E-state index contributed by atoms with van der Waals surface area (Å²) < 4.78 is 2.04. The van der Waals surface area contributed by atoms with Crippen molar-refractivity contribution in [1.29, 1.82) is 0 Å². The monoisotopic (exact) mass is 318 g/mol. The maximum atomic E-state index is 4.54. The average Bonchev–Trinajstić information content (AvgIpc) is 3.24. The Kier molecular flexibility index (Phi) is 3.49. The van der Waals surface area contributed by atoms with E-state index in [0.717, 1.165) is 40.7 Å². The SMILES string of the molecule is CN(C)c1cccc(Nc2nccn3c(C4=CCN=C4)cnc23)c1. The summed E-state index contributed by atoms with van der Waals surface area (Å²) in [5.41, 5.74) is 5.02. The van der Waals surface area contributed by atoms with Crippen LogP contribution in [0.5, 0.6) is 0 Å². The predicted octanol–water partition coefficient (Wildman–Crippen LogP) is 3.01. The summed E-state index contributed by atoms with van der Waals surface area (Å²) in [7, 11) is 4.05. The van der Waals surface area contributed by atoms with Gasteiger partial charge in [0.25, 0.3) is 0 Å². The highest BCUT2D eigenvalue weighted by molar-refractivity contribution is 6.11. The Morgan fingerprint density at radius 1 is 1.21 bits per heavy atom. The van der Waals surface area contributed by atoms with Crippen molar-refractivity contribution in [3.8, 4) is 0 Å². The number of aliphatic imine (C=N–C) groups is 1. The van der Waals surface area contributed by atoms with E-state index in [1.54, 1.807) is 6.20 Å². The molecule has 1 aliphatic rings. The van der Waals surface area contributed by atoms with Crippen LogP contribution in [0.2, 0.25) is 0 Å². The van der Waals surface area contributed by atoms with Crippen LogP contribution in [-0.4, -0.2) is 41.2 Å². The van der Waals surface area contributed by atoms with Gasteiger partial charge in [0.2, 0.25) is 0 Å². The number of anilines is 3. The molecule has 0 radical (unpaired) electrons. The number of benzene rings is 1. The minimum atomic E-state index is 0.732. The summed E-state index contributed by atoms with van der Waals surface area (Å²) >= 11 is 0. The number of rotatable bonds is 4. The molecule has 1 aromatic carbocycles. The lowest BCUT2D eigenvalue weighted by atomic mass is 10.2. The molecule has 0 aliphatic carbocycles. The molecule has 1 N–H and O–H groups in total. The van der Waals surface area contributed by atoms with Gasteiger partial charge in [-0.2, -0.15) is 0 Å². The fraction of sp³-hybridized carbons (Fsp3) is 0.167. The molecule has 3 aromatic rings. The third-order valence-electron chi connectivity index (χ3n) is 4.00. The molecule has 0 amide bonds. The summed E-state index contributed by atoms with van der Waals surface area (Å²) in [5, 5.41) is 3.37. The van der Waals surface area contributed by atoms with Crippen LogP contribution in [0, 0.1) is 0 Å². The van der Waals surface area contributed by atoms with Crippen LogP contribution in [0.4, 0.5) is 17.2 Å². The first-order valence-electron chi connectivity index (χ1n) is 7.79. The van der Waals surface area contributed by atoms with E-state index in [1.807, 2.05) is 49.2 Å². The molecule has 6 nitrogen and oxygen atoms in total. The smallest absolute Gasteiger partial charge is 0.180 e. The lowest BCUT2D eigenvalue weighted by Gasteiger charge is -2.14. The average molecular weight is 318 g/mol. The molecular weight excluding hydrogens is 300 g/mol. The quantitative estimate of drug-likeness (QED) is 0.803. The zero-order chi connectivity index (χ0) is 16.5. The first-order chi connectivity index (χ1) is 11.7. The third kappa shape index (κ3) is 2.52. The van der Waals surface area contributed by atoms with Crippen LogP contribution in [0.3, 0.4) is 0 Å². The number of allylic oxidation sites excluding steroid dienone is 1. The van der Waals surface area contributed by atoms with Gasteiger partial charge < -0.3 is 10.2 Å². The number of hydrogen-bond acceptors (Lipinski definition) is 5. The van der Waals surface area contributed by atoms with Crippen LogP contribution >= 0.6 is 0 Å². The summed E-state index contributed by atoms with van der Waals surface area (Å²) in [5.74, 6) is 0.732. The Morgan fingerprint density at radius 2 is 2.12 bits per heavy atom. The normalized spacial score (nSPS) is 13.3. The zero-order valence-corrected chi connectivity index (χ0v) is 13.6. The van der Waals surface area contributed by atoms with E-state index in [1.165, 1.54) is 0 Å². The van der Waals surface area contributed by atoms with Gasteiger partial charge >= 0.3 is 0 Å². The van der Waals surface area contributed by atoms with Gasteiger partial charge in [0, 0.05) is 49.7 Å². The van der Waals surface area contributed by atoms with E-state index in [2.05, 4.69) is 43.4 Å². The molecular formula is C18H18N6. The third-order valence-corrected chi connectivity index (χ3v) is 4.00.